The van der Waals surface area contributed by atoms with Crippen LogP contribution in [0.25, 0.3) is 0 Å². The Balaban J connectivity index is 1.66. The highest BCUT2D eigenvalue weighted by atomic mass is 32.2. The van der Waals surface area contributed by atoms with Crippen molar-refractivity contribution in [3.63, 3.8) is 0 Å². The van der Waals surface area contributed by atoms with Gasteiger partial charge in [-0.3, -0.25) is 9.59 Å². The molecule has 0 radical (unpaired) electrons. The van der Waals surface area contributed by atoms with Crippen LogP contribution in [0.2, 0.25) is 0 Å². The van der Waals surface area contributed by atoms with Gasteiger partial charge < -0.3 is 10.6 Å². The third kappa shape index (κ3) is 6.17. The maximum atomic E-state index is 12.6. The number of carbonyl (C=O) groups excluding carboxylic acids is 2. The second-order valence-corrected chi connectivity index (χ2v) is 10.9. The highest BCUT2D eigenvalue weighted by Crippen LogP contribution is 2.32. The van der Waals surface area contributed by atoms with Gasteiger partial charge in [-0.1, -0.05) is 24.3 Å². The lowest BCUT2D eigenvalue weighted by atomic mass is 9.89. The minimum absolute atomic E-state index is 0.0609. The number of hydrogen-bond donors (Lipinski definition) is 2. The Bertz CT molecular complexity index is 1030. The molecular formula is C24H30N2O4S. The smallest absolute Gasteiger partial charge is 0.224 e. The zero-order valence-corrected chi connectivity index (χ0v) is 19.3. The molecule has 0 unspecified atom stereocenters. The molecule has 0 saturated carbocycles. The molecule has 2 amide bonds. The van der Waals surface area contributed by atoms with E-state index in [1.165, 1.54) is 0 Å². The lowest BCUT2D eigenvalue weighted by Crippen LogP contribution is -2.25. The van der Waals surface area contributed by atoms with E-state index in [0.29, 0.717) is 0 Å². The first kappa shape index (κ1) is 23.0. The van der Waals surface area contributed by atoms with Gasteiger partial charge in [0, 0.05) is 24.2 Å². The topological polar surface area (TPSA) is 92.3 Å². The minimum Gasteiger partial charge on any atom is -0.326 e. The van der Waals surface area contributed by atoms with E-state index in [4.69, 9.17) is 0 Å². The van der Waals surface area contributed by atoms with Crippen molar-refractivity contribution in [1.29, 1.82) is 0 Å². The summed E-state index contributed by atoms with van der Waals surface area (Å²) >= 11 is 0. The van der Waals surface area contributed by atoms with Crippen LogP contribution in [-0.2, 0) is 19.4 Å². The van der Waals surface area contributed by atoms with Crippen molar-refractivity contribution >= 4 is 33.0 Å². The summed E-state index contributed by atoms with van der Waals surface area (Å²) in [5.74, 6) is -1.33. The predicted molar refractivity (Wildman–Crippen MR) is 124 cm³/mol. The van der Waals surface area contributed by atoms with Crippen LogP contribution in [-0.4, -0.2) is 31.7 Å². The summed E-state index contributed by atoms with van der Waals surface area (Å²) in [6.07, 6.45) is 0.155. The van der Waals surface area contributed by atoms with Crippen LogP contribution >= 0.6 is 0 Å². The number of amides is 2. The van der Waals surface area contributed by atoms with Crippen LogP contribution in [0, 0.1) is 39.5 Å². The summed E-state index contributed by atoms with van der Waals surface area (Å²) < 4.78 is 24.5. The molecule has 0 spiro atoms. The van der Waals surface area contributed by atoms with Gasteiger partial charge in [-0.2, -0.15) is 0 Å². The van der Waals surface area contributed by atoms with Gasteiger partial charge in [0.15, 0.2) is 9.84 Å². The van der Waals surface area contributed by atoms with Crippen molar-refractivity contribution in [2.75, 3.05) is 22.1 Å². The Morgan fingerprint density at radius 3 is 1.55 bits per heavy atom. The van der Waals surface area contributed by atoms with Gasteiger partial charge in [-0.25, -0.2) is 8.42 Å². The van der Waals surface area contributed by atoms with E-state index in [-0.39, 0.29) is 48.0 Å². The monoisotopic (exact) mass is 442 g/mol. The molecule has 1 heterocycles. The number of carbonyl (C=O) groups is 2. The van der Waals surface area contributed by atoms with Gasteiger partial charge in [-0.15, -0.1) is 0 Å². The summed E-state index contributed by atoms with van der Waals surface area (Å²) in [7, 11) is -3.27. The highest BCUT2D eigenvalue weighted by Gasteiger charge is 2.39. The Labute approximate surface area is 184 Å². The second kappa shape index (κ2) is 9.22. The van der Waals surface area contributed by atoms with E-state index in [1.807, 2.05) is 64.1 Å². The average Bonchev–Trinajstić information content (AvgIpc) is 2.94. The van der Waals surface area contributed by atoms with Crippen LogP contribution < -0.4 is 10.6 Å². The first-order valence-electron chi connectivity index (χ1n) is 10.5. The Hall–Kier alpha value is -2.67. The molecule has 0 bridgehead atoms. The molecule has 0 aromatic heterocycles. The van der Waals surface area contributed by atoms with Crippen LogP contribution in [0.4, 0.5) is 11.4 Å². The number of aryl methyl sites for hydroxylation is 4. The third-order valence-electron chi connectivity index (χ3n) is 5.83. The van der Waals surface area contributed by atoms with Crippen molar-refractivity contribution in [2.45, 2.75) is 40.5 Å². The average molecular weight is 443 g/mol. The fraction of sp³-hybridized carbons (Fsp3) is 0.417. The van der Waals surface area contributed by atoms with Crippen molar-refractivity contribution in [3.8, 4) is 0 Å². The zero-order valence-electron chi connectivity index (χ0n) is 18.5. The molecule has 2 aromatic rings. The minimum atomic E-state index is -3.27. The van der Waals surface area contributed by atoms with E-state index in [1.54, 1.807) is 0 Å². The predicted octanol–water partition coefficient (Wildman–Crippen LogP) is 3.94. The van der Waals surface area contributed by atoms with E-state index in [2.05, 4.69) is 10.6 Å². The van der Waals surface area contributed by atoms with E-state index < -0.39 is 9.84 Å². The highest BCUT2D eigenvalue weighted by molar-refractivity contribution is 7.91. The molecule has 2 atom stereocenters. The van der Waals surface area contributed by atoms with Crippen LogP contribution in [0.1, 0.15) is 35.1 Å². The number of benzene rings is 2. The maximum absolute atomic E-state index is 12.6. The molecule has 7 heteroatoms. The van der Waals surface area contributed by atoms with E-state index in [0.717, 1.165) is 33.6 Å². The molecule has 1 fully saturated rings. The number of nitrogens with one attached hydrogen (secondary N) is 2. The Kier molecular flexibility index (Phi) is 6.84. The third-order valence-corrected chi connectivity index (χ3v) is 7.70. The van der Waals surface area contributed by atoms with E-state index in [9.17, 15) is 18.0 Å². The lowest BCUT2D eigenvalue weighted by molar-refractivity contribution is -0.119. The molecule has 31 heavy (non-hydrogen) atoms. The van der Waals surface area contributed by atoms with Gasteiger partial charge in [0.25, 0.3) is 0 Å². The standard InChI is InChI=1S/C24H30N2O4S/c1-15-5-7-17(3)21(9-15)25-23(27)11-19-13-31(29,30)14-20(19)12-24(28)26-22-10-16(2)6-8-18(22)4/h5-10,19-20H,11-14H2,1-4H3,(H,25,27)(H,26,28)/t19-,20-/m0/s1. The summed E-state index contributed by atoms with van der Waals surface area (Å²) in [6.45, 7) is 7.72. The fourth-order valence-electron chi connectivity index (χ4n) is 4.06. The van der Waals surface area contributed by atoms with Gasteiger partial charge >= 0.3 is 0 Å². The molecule has 0 aliphatic carbocycles. The molecule has 2 N–H and O–H groups in total. The molecule has 1 aliphatic rings. The number of sulfone groups is 1. The quantitative estimate of drug-likeness (QED) is 0.709. The summed E-state index contributed by atoms with van der Waals surface area (Å²) in [6, 6.07) is 11.6. The van der Waals surface area contributed by atoms with Crippen molar-refractivity contribution in [2.24, 2.45) is 11.8 Å². The number of hydrogen-bond acceptors (Lipinski definition) is 4. The zero-order chi connectivity index (χ0) is 22.8. The molecular weight excluding hydrogens is 412 g/mol. The molecule has 1 saturated heterocycles. The van der Waals surface area contributed by atoms with Crippen molar-refractivity contribution < 1.29 is 18.0 Å². The number of rotatable bonds is 6. The summed E-state index contributed by atoms with van der Waals surface area (Å²) in [5.41, 5.74) is 5.42. The molecule has 2 aromatic carbocycles. The van der Waals surface area contributed by atoms with Crippen LogP contribution in [0.15, 0.2) is 36.4 Å². The first-order chi connectivity index (χ1) is 14.5. The van der Waals surface area contributed by atoms with Crippen molar-refractivity contribution in [1.82, 2.24) is 0 Å². The molecule has 6 nitrogen and oxygen atoms in total. The first-order valence-corrected chi connectivity index (χ1v) is 12.3. The molecule has 3 rings (SSSR count). The summed E-state index contributed by atoms with van der Waals surface area (Å²) in [4.78, 5) is 25.3. The van der Waals surface area contributed by atoms with Crippen LogP contribution in [0.5, 0.6) is 0 Å². The van der Waals surface area contributed by atoms with Crippen molar-refractivity contribution in [3.05, 3.63) is 58.7 Å². The SMILES string of the molecule is Cc1ccc(C)c(NC(=O)C[C@H]2CS(=O)(=O)C[C@@H]2CC(=O)Nc2cc(C)ccc2C)c1. The van der Waals surface area contributed by atoms with Gasteiger partial charge in [0.1, 0.15) is 0 Å². The van der Waals surface area contributed by atoms with E-state index >= 15 is 0 Å². The summed E-state index contributed by atoms with van der Waals surface area (Å²) in [5, 5.41) is 5.80. The lowest BCUT2D eigenvalue weighted by Gasteiger charge is -2.18. The van der Waals surface area contributed by atoms with Gasteiger partial charge in [0.2, 0.25) is 11.8 Å². The normalized spacial score (nSPS) is 19.7. The van der Waals surface area contributed by atoms with Gasteiger partial charge in [-0.05, 0) is 73.9 Å². The second-order valence-electron chi connectivity index (χ2n) is 8.74. The Morgan fingerprint density at radius 2 is 1.16 bits per heavy atom. The maximum Gasteiger partial charge on any atom is 0.224 e. The molecule has 1 aliphatic heterocycles. The fourth-order valence-corrected chi connectivity index (χ4v) is 6.28. The molecule has 166 valence electrons. The van der Waals surface area contributed by atoms with Crippen LogP contribution in [0.3, 0.4) is 0 Å². The number of anilines is 2. The van der Waals surface area contributed by atoms with Gasteiger partial charge in [0.05, 0.1) is 11.5 Å². The largest absolute Gasteiger partial charge is 0.326 e. The Morgan fingerprint density at radius 1 is 0.774 bits per heavy atom.